The average Bonchev–Trinajstić information content (AvgIpc) is 2.47. The summed E-state index contributed by atoms with van der Waals surface area (Å²) in [4.78, 5) is 10.9. The normalized spacial score (nSPS) is 11.2. The molecule has 0 heterocycles. The minimum Gasteiger partial charge on any atom is -0.497 e. The van der Waals surface area contributed by atoms with Crippen molar-refractivity contribution in [2.24, 2.45) is 0 Å². The Labute approximate surface area is 118 Å². The van der Waals surface area contributed by atoms with E-state index in [1.54, 1.807) is 19.2 Å². The van der Waals surface area contributed by atoms with Crippen molar-refractivity contribution in [3.63, 3.8) is 0 Å². The minimum absolute atomic E-state index is 0.191. The number of methoxy groups -OCH3 is 1. The van der Waals surface area contributed by atoms with Gasteiger partial charge in [0, 0.05) is 5.41 Å². The molecule has 0 atom stereocenters. The van der Waals surface area contributed by atoms with E-state index in [0.717, 1.165) is 16.9 Å². The van der Waals surface area contributed by atoms with E-state index in [4.69, 9.17) is 9.84 Å². The second-order valence-electron chi connectivity index (χ2n) is 5.24. The molecule has 0 unspecified atom stereocenters. The Morgan fingerprint density at radius 2 is 1.40 bits per heavy atom. The standard InChI is InChI=1S/C17H18O3/c1-17(2,14-8-10-15(20-3)11-9-14)13-6-4-12(5-7-13)16(18)19/h4-11H,1-3H3,(H,18,19). The number of hydrogen-bond donors (Lipinski definition) is 1. The number of rotatable bonds is 4. The SMILES string of the molecule is COc1ccc(C(C)(C)c2ccc(C(=O)O)cc2)cc1. The molecule has 0 aromatic heterocycles. The van der Waals surface area contributed by atoms with Crippen LogP contribution in [0.1, 0.15) is 35.3 Å². The maximum atomic E-state index is 10.9. The maximum absolute atomic E-state index is 10.9. The van der Waals surface area contributed by atoms with Gasteiger partial charge in [-0.3, -0.25) is 0 Å². The highest BCUT2D eigenvalue weighted by Crippen LogP contribution is 2.32. The molecule has 0 aliphatic carbocycles. The summed E-state index contributed by atoms with van der Waals surface area (Å²) < 4.78 is 5.16. The highest BCUT2D eigenvalue weighted by atomic mass is 16.5. The molecule has 2 aromatic carbocycles. The molecular weight excluding hydrogens is 252 g/mol. The van der Waals surface area contributed by atoms with E-state index < -0.39 is 5.97 Å². The van der Waals surface area contributed by atoms with Crippen molar-refractivity contribution >= 4 is 5.97 Å². The smallest absolute Gasteiger partial charge is 0.335 e. The Balaban J connectivity index is 2.34. The van der Waals surface area contributed by atoms with E-state index in [2.05, 4.69) is 13.8 Å². The van der Waals surface area contributed by atoms with Crippen LogP contribution in [0.5, 0.6) is 5.75 Å². The molecule has 0 bridgehead atoms. The van der Waals surface area contributed by atoms with Crippen molar-refractivity contribution in [3.05, 3.63) is 65.2 Å². The molecule has 20 heavy (non-hydrogen) atoms. The molecule has 0 radical (unpaired) electrons. The lowest BCUT2D eigenvalue weighted by Gasteiger charge is -2.26. The van der Waals surface area contributed by atoms with Crippen LogP contribution >= 0.6 is 0 Å². The number of benzene rings is 2. The van der Waals surface area contributed by atoms with Gasteiger partial charge in [-0.1, -0.05) is 38.1 Å². The summed E-state index contributed by atoms with van der Waals surface area (Å²) in [5.41, 5.74) is 2.34. The molecule has 104 valence electrons. The van der Waals surface area contributed by atoms with Crippen molar-refractivity contribution in [2.45, 2.75) is 19.3 Å². The second-order valence-corrected chi connectivity index (χ2v) is 5.24. The Morgan fingerprint density at radius 3 is 1.80 bits per heavy atom. The molecule has 0 aliphatic heterocycles. The Hall–Kier alpha value is -2.29. The van der Waals surface area contributed by atoms with Gasteiger partial charge >= 0.3 is 5.97 Å². The average molecular weight is 270 g/mol. The van der Waals surface area contributed by atoms with Crippen LogP contribution in [-0.4, -0.2) is 18.2 Å². The third-order valence-electron chi connectivity index (χ3n) is 3.67. The van der Waals surface area contributed by atoms with E-state index in [9.17, 15) is 4.79 Å². The fourth-order valence-corrected chi connectivity index (χ4v) is 2.20. The van der Waals surface area contributed by atoms with Crippen LogP contribution < -0.4 is 4.74 Å². The molecule has 0 spiro atoms. The molecule has 0 saturated carbocycles. The third kappa shape index (κ3) is 2.67. The molecule has 0 saturated heterocycles. The molecule has 0 amide bonds. The van der Waals surface area contributed by atoms with Crippen molar-refractivity contribution < 1.29 is 14.6 Å². The predicted octanol–water partition coefficient (Wildman–Crippen LogP) is 3.72. The molecular formula is C17H18O3. The first kappa shape index (κ1) is 14.1. The fourth-order valence-electron chi connectivity index (χ4n) is 2.20. The van der Waals surface area contributed by atoms with Crippen LogP contribution in [-0.2, 0) is 5.41 Å². The van der Waals surface area contributed by atoms with Crippen molar-refractivity contribution in [1.82, 2.24) is 0 Å². The Bertz CT molecular complexity index is 595. The van der Waals surface area contributed by atoms with Crippen LogP contribution in [0.2, 0.25) is 0 Å². The van der Waals surface area contributed by atoms with Gasteiger partial charge in [-0.05, 0) is 35.4 Å². The quantitative estimate of drug-likeness (QED) is 0.921. The largest absolute Gasteiger partial charge is 0.497 e. The first-order valence-corrected chi connectivity index (χ1v) is 6.43. The van der Waals surface area contributed by atoms with Crippen LogP contribution in [0.3, 0.4) is 0 Å². The molecule has 3 heteroatoms. The van der Waals surface area contributed by atoms with Gasteiger partial charge in [0.05, 0.1) is 12.7 Å². The number of carboxylic acid groups (broad SMARTS) is 1. The number of carbonyl (C=O) groups is 1. The summed E-state index contributed by atoms with van der Waals surface area (Å²) in [5, 5.41) is 8.94. The maximum Gasteiger partial charge on any atom is 0.335 e. The van der Waals surface area contributed by atoms with Crippen LogP contribution in [0.25, 0.3) is 0 Å². The number of carboxylic acids is 1. The van der Waals surface area contributed by atoms with Crippen LogP contribution in [0.4, 0.5) is 0 Å². The number of ether oxygens (including phenoxy) is 1. The minimum atomic E-state index is -0.904. The van der Waals surface area contributed by atoms with E-state index in [-0.39, 0.29) is 5.41 Å². The Morgan fingerprint density at radius 1 is 0.950 bits per heavy atom. The molecule has 2 rings (SSSR count). The molecule has 2 aromatic rings. The first-order valence-electron chi connectivity index (χ1n) is 6.43. The van der Waals surface area contributed by atoms with Gasteiger partial charge in [0.2, 0.25) is 0 Å². The van der Waals surface area contributed by atoms with E-state index in [1.807, 2.05) is 36.4 Å². The van der Waals surface area contributed by atoms with Crippen molar-refractivity contribution in [2.75, 3.05) is 7.11 Å². The zero-order valence-electron chi connectivity index (χ0n) is 11.9. The molecule has 0 fully saturated rings. The van der Waals surface area contributed by atoms with Gasteiger partial charge in [0.1, 0.15) is 5.75 Å². The van der Waals surface area contributed by atoms with Gasteiger partial charge in [-0.2, -0.15) is 0 Å². The lowest BCUT2D eigenvalue weighted by Crippen LogP contribution is -2.18. The van der Waals surface area contributed by atoms with Crippen LogP contribution in [0, 0.1) is 0 Å². The monoisotopic (exact) mass is 270 g/mol. The summed E-state index contributed by atoms with van der Waals surface area (Å²) in [7, 11) is 1.64. The van der Waals surface area contributed by atoms with E-state index in [1.165, 1.54) is 0 Å². The summed E-state index contributed by atoms with van der Waals surface area (Å²) >= 11 is 0. The lowest BCUT2D eigenvalue weighted by molar-refractivity contribution is 0.0697. The predicted molar refractivity (Wildman–Crippen MR) is 78.5 cm³/mol. The van der Waals surface area contributed by atoms with Crippen molar-refractivity contribution in [3.8, 4) is 5.75 Å². The number of hydrogen-bond acceptors (Lipinski definition) is 2. The fraction of sp³-hybridized carbons (Fsp3) is 0.235. The first-order chi connectivity index (χ1) is 9.45. The van der Waals surface area contributed by atoms with Gasteiger partial charge in [-0.15, -0.1) is 0 Å². The summed E-state index contributed by atoms with van der Waals surface area (Å²) in [6.45, 7) is 4.23. The zero-order valence-corrected chi connectivity index (χ0v) is 11.9. The Kier molecular flexibility index (Phi) is 3.79. The second kappa shape index (κ2) is 5.37. The topological polar surface area (TPSA) is 46.5 Å². The highest BCUT2D eigenvalue weighted by Gasteiger charge is 2.23. The van der Waals surface area contributed by atoms with Gasteiger partial charge < -0.3 is 9.84 Å². The lowest BCUT2D eigenvalue weighted by atomic mass is 9.78. The molecule has 0 aliphatic rings. The summed E-state index contributed by atoms with van der Waals surface area (Å²) in [6, 6.07) is 15.0. The zero-order chi connectivity index (χ0) is 14.8. The number of aromatic carboxylic acids is 1. The van der Waals surface area contributed by atoms with Crippen molar-refractivity contribution in [1.29, 1.82) is 0 Å². The van der Waals surface area contributed by atoms with Gasteiger partial charge in [0.25, 0.3) is 0 Å². The highest BCUT2D eigenvalue weighted by molar-refractivity contribution is 5.87. The summed E-state index contributed by atoms with van der Waals surface area (Å²) in [5.74, 6) is -0.0791. The molecule has 1 N–H and O–H groups in total. The summed E-state index contributed by atoms with van der Waals surface area (Å²) in [6.07, 6.45) is 0. The van der Waals surface area contributed by atoms with E-state index >= 15 is 0 Å². The van der Waals surface area contributed by atoms with Crippen LogP contribution in [0.15, 0.2) is 48.5 Å². The van der Waals surface area contributed by atoms with E-state index in [0.29, 0.717) is 5.56 Å². The van der Waals surface area contributed by atoms with Gasteiger partial charge in [-0.25, -0.2) is 4.79 Å². The molecule has 3 nitrogen and oxygen atoms in total. The van der Waals surface area contributed by atoms with Gasteiger partial charge in [0.15, 0.2) is 0 Å². The third-order valence-corrected chi connectivity index (χ3v) is 3.67.